The summed E-state index contributed by atoms with van der Waals surface area (Å²) in [5.74, 6) is 0.585. The number of anilines is 6. The lowest BCUT2D eigenvalue weighted by Gasteiger charge is -2.31. The van der Waals surface area contributed by atoms with Crippen molar-refractivity contribution in [2.45, 2.75) is 70.1 Å². The lowest BCUT2D eigenvalue weighted by molar-refractivity contribution is 0.444. The van der Waals surface area contributed by atoms with E-state index in [1.54, 1.807) is 0 Å². The first-order chi connectivity index (χ1) is 38.9. The highest BCUT2D eigenvalue weighted by atomic mass is 15.2. The van der Waals surface area contributed by atoms with Crippen LogP contribution in [0.25, 0.3) is 55.6 Å². The maximum atomic E-state index is 2.56. The third-order valence-electron chi connectivity index (χ3n) is 17.5. The Balaban J connectivity index is 1.01. The van der Waals surface area contributed by atoms with Crippen LogP contribution in [0, 0.1) is 0 Å². The molecule has 3 aliphatic rings. The van der Waals surface area contributed by atoms with Crippen LogP contribution < -0.4 is 9.80 Å². The predicted molar refractivity (Wildman–Crippen MR) is 333 cm³/mol. The van der Waals surface area contributed by atoms with Gasteiger partial charge in [-0.15, -0.1) is 0 Å². The van der Waals surface area contributed by atoms with Gasteiger partial charge in [-0.2, -0.15) is 0 Å². The highest BCUT2D eigenvalue weighted by molar-refractivity contribution is 5.96. The predicted octanol–water partition coefficient (Wildman–Crippen LogP) is 21.1. The minimum absolute atomic E-state index is 0.0963. The number of hydrogen-bond acceptors (Lipinski definition) is 2. The van der Waals surface area contributed by atoms with E-state index in [1.807, 2.05) is 0 Å². The Morgan fingerprint density at radius 3 is 1.33 bits per heavy atom. The van der Waals surface area contributed by atoms with Crippen LogP contribution in [-0.2, 0) is 18.3 Å². The van der Waals surface area contributed by atoms with Crippen LogP contribution in [0.4, 0.5) is 34.1 Å². The molecule has 2 heteroatoms. The van der Waals surface area contributed by atoms with E-state index >= 15 is 0 Å². The molecular weight excluding hydrogens is 953 g/mol. The van der Waals surface area contributed by atoms with Crippen molar-refractivity contribution < 1.29 is 0 Å². The van der Waals surface area contributed by atoms with E-state index in [0.717, 1.165) is 41.3 Å². The zero-order valence-corrected chi connectivity index (χ0v) is 45.2. The quantitative estimate of drug-likeness (QED) is 0.142. The summed E-state index contributed by atoms with van der Waals surface area (Å²) in [6, 6.07) is 98.4. The summed E-state index contributed by atoms with van der Waals surface area (Å²) in [4.78, 5) is 5.00. The molecule has 0 spiro atoms. The van der Waals surface area contributed by atoms with Crippen molar-refractivity contribution in [3.05, 3.63) is 300 Å². The summed E-state index contributed by atoms with van der Waals surface area (Å²) in [7, 11) is 0. The van der Waals surface area contributed by atoms with Crippen LogP contribution >= 0.6 is 0 Å². The Kier molecular flexibility index (Phi) is 12.5. The van der Waals surface area contributed by atoms with E-state index in [-0.39, 0.29) is 5.41 Å². The first-order valence-electron chi connectivity index (χ1n) is 28.6. The summed E-state index contributed by atoms with van der Waals surface area (Å²) in [6.07, 6.45) is 7.94. The molecule has 0 aromatic heterocycles. The Bertz CT molecular complexity index is 3980. The van der Waals surface area contributed by atoms with Crippen LogP contribution in [-0.4, -0.2) is 0 Å². The van der Waals surface area contributed by atoms with Crippen molar-refractivity contribution in [3.8, 4) is 55.6 Å². The van der Waals surface area contributed by atoms with E-state index in [1.165, 1.54) is 132 Å². The molecular formula is C77H64N2. The molecule has 79 heavy (non-hydrogen) atoms. The lowest BCUT2D eigenvalue weighted by Crippen LogP contribution is -2.16. The van der Waals surface area contributed by atoms with Crippen molar-refractivity contribution in [3.63, 3.8) is 0 Å². The molecule has 2 nitrogen and oxygen atoms in total. The zero-order valence-electron chi connectivity index (χ0n) is 45.2. The molecule has 3 aliphatic carbocycles. The van der Waals surface area contributed by atoms with Crippen molar-refractivity contribution in [2.75, 3.05) is 9.80 Å². The normalized spacial score (nSPS) is 14.2. The molecule has 0 unspecified atom stereocenters. The van der Waals surface area contributed by atoms with Gasteiger partial charge in [0.2, 0.25) is 0 Å². The molecule has 0 heterocycles. The fourth-order valence-corrected chi connectivity index (χ4v) is 13.6. The number of fused-ring (bicyclic) bond motifs is 9. The molecule has 0 radical (unpaired) electrons. The monoisotopic (exact) mass is 1020 g/mol. The largest absolute Gasteiger partial charge is 0.310 e. The second-order valence-corrected chi connectivity index (χ2v) is 22.6. The first kappa shape index (κ1) is 48.4. The van der Waals surface area contributed by atoms with Crippen LogP contribution in [0.1, 0.15) is 90.8 Å². The minimum atomic E-state index is -0.0963. The Hall–Kier alpha value is -8.98. The van der Waals surface area contributed by atoms with Gasteiger partial charge in [-0.25, -0.2) is 0 Å². The summed E-state index contributed by atoms with van der Waals surface area (Å²) in [5, 5.41) is 0. The molecule has 0 amide bonds. The average molecular weight is 1020 g/mol. The first-order valence-corrected chi connectivity index (χ1v) is 28.6. The van der Waals surface area contributed by atoms with Gasteiger partial charge in [-0.05, 0) is 188 Å². The van der Waals surface area contributed by atoms with Crippen molar-refractivity contribution in [1.82, 2.24) is 0 Å². The van der Waals surface area contributed by atoms with Crippen molar-refractivity contribution >= 4 is 34.1 Å². The second-order valence-electron chi connectivity index (χ2n) is 22.6. The Morgan fingerprint density at radius 2 is 0.759 bits per heavy atom. The Morgan fingerprint density at radius 1 is 0.304 bits per heavy atom. The van der Waals surface area contributed by atoms with Crippen LogP contribution in [0.15, 0.2) is 261 Å². The summed E-state index contributed by atoms with van der Waals surface area (Å²) >= 11 is 0. The highest BCUT2D eigenvalue weighted by Crippen LogP contribution is 2.53. The summed E-state index contributed by atoms with van der Waals surface area (Å²) in [6.45, 7) is 4.74. The van der Waals surface area contributed by atoms with Crippen LogP contribution in [0.5, 0.6) is 0 Å². The van der Waals surface area contributed by atoms with Crippen molar-refractivity contribution in [2.24, 2.45) is 0 Å². The van der Waals surface area contributed by atoms with Gasteiger partial charge in [-0.1, -0.05) is 221 Å². The fraction of sp³-hybridized carbons (Fsp3) is 0.143. The third-order valence-corrected chi connectivity index (χ3v) is 17.5. The molecule has 382 valence electrons. The Labute approximate surface area is 467 Å². The number of hydrogen-bond donors (Lipinski definition) is 0. The smallest absolute Gasteiger partial charge is 0.0543 e. The molecule has 1 saturated carbocycles. The molecule has 0 atom stereocenters. The summed E-state index contributed by atoms with van der Waals surface area (Å²) < 4.78 is 0. The van der Waals surface area contributed by atoms with Gasteiger partial charge in [0.25, 0.3) is 0 Å². The molecule has 0 saturated heterocycles. The molecule has 11 aromatic carbocycles. The van der Waals surface area contributed by atoms with Gasteiger partial charge in [0.15, 0.2) is 0 Å². The number of rotatable bonds is 9. The highest BCUT2D eigenvalue weighted by Gasteiger charge is 2.36. The van der Waals surface area contributed by atoms with Gasteiger partial charge >= 0.3 is 0 Å². The molecule has 0 bridgehead atoms. The number of benzene rings is 11. The van der Waals surface area contributed by atoms with Gasteiger partial charge < -0.3 is 9.80 Å². The van der Waals surface area contributed by atoms with E-state index < -0.39 is 0 Å². The third kappa shape index (κ3) is 8.86. The molecule has 0 N–H and O–H groups in total. The number of nitrogens with zero attached hydrogens (tertiary/aromatic N) is 2. The molecule has 14 rings (SSSR count). The average Bonchev–Trinajstić information content (AvgIpc) is 3.92. The second kappa shape index (κ2) is 20.4. The lowest BCUT2D eigenvalue weighted by atomic mass is 9.80. The topological polar surface area (TPSA) is 6.48 Å². The van der Waals surface area contributed by atoms with Crippen LogP contribution in [0.2, 0.25) is 0 Å². The zero-order chi connectivity index (χ0) is 52.9. The minimum Gasteiger partial charge on any atom is -0.310 e. The SMILES string of the molecule is CC1(C)c2ccccc2-c2cc(N(c3ccccc3)c3cc4c(cc3-c3ccccc3)-c3ccccc3Cc3cc(N(c5ccccc5)c5ccccc5)c(-c5cccc(C6CCCCC6)c5)cc3-c3ccccc3C4)ccc21. The maximum Gasteiger partial charge on any atom is 0.0543 e. The number of para-hydroxylation sites is 3. The van der Waals surface area contributed by atoms with E-state index in [9.17, 15) is 0 Å². The fourth-order valence-electron chi connectivity index (χ4n) is 13.6. The standard InChI is InChI=1S/C77H64N2/c1-77(2)73-42-23-22-41-67(73)72-50-64(43-44-74(72)77)79(63-37-16-7-17-38-63)75-48-59-46-57-30-19-21-40-66(57)69-52-71(58-32-24-31-55(45-58)53-25-8-3-9-26-53)76(78(61-33-12-5-13-34-61)62-35-14-6-15-36-62)49-60(69)47-56-29-18-20-39-65(56)68(59)51-70(75)54-27-10-4-11-28-54/h4-7,10-24,27-45,48-53H,3,8-9,25-26,46-47H2,1-2H3. The van der Waals surface area contributed by atoms with Gasteiger partial charge in [0, 0.05) is 39.3 Å². The van der Waals surface area contributed by atoms with Crippen molar-refractivity contribution in [1.29, 1.82) is 0 Å². The molecule has 1 fully saturated rings. The van der Waals surface area contributed by atoms with E-state index in [4.69, 9.17) is 0 Å². The van der Waals surface area contributed by atoms with Gasteiger partial charge in [0.1, 0.15) is 0 Å². The van der Waals surface area contributed by atoms with E-state index in [0.29, 0.717) is 5.92 Å². The van der Waals surface area contributed by atoms with E-state index in [2.05, 4.69) is 285 Å². The molecule has 0 aliphatic heterocycles. The van der Waals surface area contributed by atoms with Gasteiger partial charge in [0.05, 0.1) is 11.4 Å². The van der Waals surface area contributed by atoms with Crippen LogP contribution in [0.3, 0.4) is 0 Å². The molecule has 11 aromatic rings. The maximum absolute atomic E-state index is 2.56. The van der Waals surface area contributed by atoms with Gasteiger partial charge in [-0.3, -0.25) is 0 Å². The summed E-state index contributed by atoms with van der Waals surface area (Å²) in [5.41, 5.74) is 28.8.